The molecule has 0 fully saturated rings. The smallest absolute Gasteiger partial charge is 0.338 e. The predicted molar refractivity (Wildman–Crippen MR) is 117 cm³/mol. The Labute approximate surface area is 172 Å². The first-order valence-electron chi connectivity index (χ1n) is 9.35. The van der Waals surface area contributed by atoms with Crippen LogP contribution in [-0.2, 0) is 9.47 Å². The van der Waals surface area contributed by atoms with Gasteiger partial charge in [-0.3, -0.25) is 0 Å². The van der Waals surface area contributed by atoms with Crippen molar-refractivity contribution in [1.29, 1.82) is 0 Å². The van der Waals surface area contributed by atoms with Gasteiger partial charge in [0.25, 0.3) is 0 Å². The molecule has 0 radical (unpaired) electrons. The number of carbonyl (C=O) groups excluding carboxylic acids is 2. The minimum absolute atomic E-state index is 0.226. The molecule has 4 nitrogen and oxygen atoms in total. The fourth-order valence-corrected chi connectivity index (χ4v) is 5.46. The van der Waals surface area contributed by atoms with E-state index >= 15 is 0 Å². The number of methoxy groups -OCH3 is 1. The van der Waals surface area contributed by atoms with Crippen molar-refractivity contribution in [3.8, 4) is 0 Å². The van der Waals surface area contributed by atoms with Crippen LogP contribution in [0.5, 0.6) is 0 Å². The molecule has 29 heavy (non-hydrogen) atoms. The van der Waals surface area contributed by atoms with E-state index in [9.17, 15) is 9.59 Å². The van der Waals surface area contributed by atoms with E-state index in [1.54, 1.807) is 18.2 Å². The monoisotopic (exact) mass is 406 g/mol. The third kappa shape index (κ3) is 4.90. The molecule has 0 aliphatic rings. The maximum Gasteiger partial charge on any atom is 0.338 e. The van der Waals surface area contributed by atoms with Crippen LogP contribution in [0.15, 0.2) is 78.9 Å². The van der Waals surface area contributed by atoms with E-state index in [1.807, 2.05) is 74.5 Å². The van der Waals surface area contributed by atoms with Crippen LogP contribution in [0.3, 0.4) is 0 Å². The standard InChI is InChI=1S/C24H23O4P/c1-17(2)28-23(25)18-14-15-21(24(26)27-3)22(16-18)29(19-10-6-4-7-11-19)20-12-8-5-9-13-20/h4-17H,1-3H3. The second-order valence-corrected chi connectivity index (χ2v) is 8.87. The first-order chi connectivity index (χ1) is 14.0. The highest BCUT2D eigenvalue weighted by molar-refractivity contribution is 7.80. The van der Waals surface area contributed by atoms with Crippen molar-refractivity contribution in [1.82, 2.24) is 0 Å². The number of hydrogen-bond donors (Lipinski definition) is 0. The van der Waals surface area contributed by atoms with E-state index < -0.39 is 19.9 Å². The molecule has 0 N–H and O–H groups in total. The molecular weight excluding hydrogens is 383 g/mol. The Morgan fingerprint density at radius 2 is 1.34 bits per heavy atom. The SMILES string of the molecule is COC(=O)c1ccc(C(=O)OC(C)C)cc1P(c1ccccc1)c1ccccc1. The molecule has 0 aliphatic heterocycles. The van der Waals surface area contributed by atoms with Crippen LogP contribution < -0.4 is 15.9 Å². The third-order valence-corrected chi connectivity index (χ3v) is 6.73. The molecule has 0 spiro atoms. The highest BCUT2D eigenvalue weighted by Crippen LogP contribution is 2.34. The van der Waals surface area contributed by atoms with E-state index in [2.05, 4.69) is 0 Å². The lowest BCUT2D eigenvalue weighted by Gasteiger charge is -2.22. The summed E-state index contributed by atoms with van der Waals surface area (Å²) in [5.41, 5.74) is 0.869. The van der Waals surface area contributed by atoms with Gasteiger partial charge in [-0.25, -0.2) is 9.59 Å². The third-order valence-electron chi connectivity index (χ3n) is 4.25. The summed E-state index contributed by atoms with van der Waals surface area (Å²) in [7, 11) is 0.287. The minimum atomic E-state index is -1.07. The molecule has 0 aromatic heterocycles. The Bertz CT molecular complexity index is 945. The molecule has 0 aliphatic carbocycles. The quantitative estimate of drug-likeness (QED) is 0.462. The molecule has 0 unspecified atom stereocenters. The molecule has 0 saturated carbocycles. The highest BCUT2D eigenvalue weighted by atomic mass is 31.1. The highest BCUT2D eigenvalue weighted by Gasteiger charge is 2.25. The summed E-state index contributed by atoms with van der Waals surface area (Å²) in [5.74, 6) is -0.836. The maximum absolute atomic E-state index is 12.5. The van der Waals surface area contributed by atoms with E-state index in [0.717, 1.165) is 15.9 Å². The van der Waals surface area contributed by atoms with E-state index in [4.69, 9.17) is 9.47 Å². The van der Waals surface area contributed by atoms with Crippen molar-refractivity contribution < 1.29 is 19.1 Å². The summed E-state index contributed by atoms with van der Waals surface area (Å²) >= 11 is 0. The van der Waals surface area contributed by atoms with Crippen LogP contribution in [0.1, 0.15) is 34.6 Å². The predicted octanol–water partition coefficient (Wildman–Crippen LogP) is 3.80. The van der Waals surface area contributed by atoms with Gasteiger partial charge in [0.15, 0.2) is 0 Å². The Kier molecular flexibility index (Phi) is 6.79. The lowest BCUT2D eigenvalue weighted by atomic mass is 10.1. The molecule has 0 amide bonds. The zero-order valence-corrected chi connectivity index (χ0v) is 17.6. The Balaban J connectivity index is 2.22. The van der Waals surface area contributed by atoms with Crippen LogP contribution in [-0.4, -0.2) is 25.2 Å². The number of rotatable bonds is 6. The van der Waals surface area contributed by atoms with Crippen LogP contribution in [0.4, 0.5) is 0 Å². The molecule has 3 rings (SSSR count). The molecule has 0 heterocycles. The summed E-state index contributed by atoms with van der Waals surface area (Å²) in [5, 5.41) is 2.92. The average molecular weight is 406 g/mol. The fraction of sp³-hybridized carbons (Fsp3) is 0.167. The first kappa shape index (κ1) is 20.8. The zero-order chi connectivity index (χ0) is 20.8. The van der Waals surface area contributed by atoms with Crippen LogP contribution in [0.2, 0.25) is 0 Å². The zero-order valence-electron chi connectivity index (χ0n) is 16.7. The normalized spacial score (nSPS) is 10.8. The van der Waals surface area contributed by atoms with Crippen LogP contribution in [0.25, 0.3) is 0 Å². The fourth-order valence-electron chi connectivity index (χ4n) is 2.99. The van der Waals surface area contributed by atoms with Crippen molar-refractivity contribution >= 4 is 35.8 Å². The molecule has 5 heteroatoms. The molecular formula is C24H23O4P. The van der Waals surface area contributed by atoms with Crippen molar-refractivity contribution in [2.75, 3.05) is 7.11 Å². The number of ether oxygens (including phenoxy) is 2. The van der Waals surface area contributed by atoms with Crippen molar-refractivity contribution in [2.45, 2.75) is 20.0 Å². The molecule has 0 saturated heterocycles. The lowest BCUT2D eigenvalue weighted by molar-refractivity contribution is 0.0377. The minimum Gasteiger partial charge on any atom is -0.465 e. The summed E-state index contributed by atoms with van der Waals surface area (Å²) < 4.78 is 10.4. The second-order valence-electron chi connectivity index (χ2n) is 6.68. The van der Waals surface area contributed by atoms with Gasteiger partial charge < -0.3 is 9.47 Å². The number of hydrogen-bond acceptors (Lipinski definition) is 4. The summed E-state index contributed by atoms with van der Waals surface area (Å²) in [6.07, 6.45) is -0.226. The summed E-state index contributed by atoms with van der Waals surface area (Å²) in [6, 6.07) is 25.0. The van der Waals surface area contributed by atoms with E-state index in [1.165, 1.54) is 7.11 Å². The van der Waals surface area contributed by atoms with Gasteiger partial charge in [0, 0.05) is 5.30 Å². The van der Waals surface area contributed by atoms with Gasteiger partial charge in [-0.2, -0.15) is 0 Å². The lowest BCUT2D eigenvalue weighted by Crippen LogP contribution is -2.27. The summed E-state index contributed by atoms with van der Waals surface area (Å²) in [4.78, 5) is 25.1. The van der Waals surface area contributed by atoms with Gasteiger partial charge in [0.1, 0.15) is 0 Å². The largest absolute Gasteiger partial charge is 0.465 e. The maximum atomic E-state index is 12.5. The summed E-state index contributed by atoms with van der Waals surface area (Å²) in [6.45, 7) is 3.62. The Morgan fingerprint density at radius 1 is 0.793 bits per heavy atom. The number of benzene rings is 3. The molecule has 0 bridgehead atoms. The molecule has 0 atom stereocenters. The van der Waals surface area contributed by atoms with Gasteiger partial charge in [0.2, 0.25) is 0 Å². The topological polar surface area (TPSA) is 52.6 Å². The first-order valence-corrected chi connectivity index (χ1v) is 10.7. The molecule has 148 valence electrons. The van der Waals surface area contributed by atoms with Crippen molar-refractivity contribution in [3.05, 3.63) is 90.0 Å². The van der Waals surface area contributed by atoms with E-state index in [-0.39, 0.29) is 6.10 Å². The van der Waals surface area contributed by atoms with Gasteiger partial charge in [0.05, 0.1) is 24.3 Å². The second kappa shape index (κ2) is 9.49. The Hall–Kier alpha value is -2.97. The van der Waals surface area contributed by atoms with Crippen molar-refractivity contribution in [3.63, 3.8) is 0 Å². The van der Waals surface area contributed by atoms with Gasteiger partial charge >= 0.3 is 11.9 Å². The van der Waals surface area contributed by atoms with Crippen LogP contribution in [0, 0.1) is 0 Å². The molecule has 3 aromatic rings. The average Bonchev–Trinajstić information content (AvgIpc) is 2.74. The van der Waals surface area contributed by atoms with Gasteiger partial charge in [-0.15, -0.1) is 0 Å². The molecule has 3 aromatic carbocycles. The number of carbonyl (C=O) groups is 2. The van der Waals surface area contributed by atoms with Gasteiger partial charge in [-0.1, -0.05) is 60.7 Å². The van der Waals surface area contributed by atoms with Crippen LogP contribution >= 0.6 is 7.92 Å². The van der Waals surface area contributed by atoms with Gasteiger partial charge in [-0.05, 0) is 50.6 Å². The Morgan fingerprint density at radius 3 is 1.83 bits per heavy atom. The number of esters is 2. The van der Waals surface area contributed by atoms with E-state index in [0.29, 0.717) is 11.1 Å². The van der Waals surface area contributed by atoms with Crippen molar-refractivity contribution in [2.24, 2.45) is 0 Å².